The van der Waals surface area contributed by atoms with Gasteiger partial charge in [-0.1, -0.05) is 6.92 Å². The summed E-state index contributed by atoms with van der Waals surface area (Å²) >= 11 is 0. The summed E-state index contributed by atoms with van der Waals surface area (Å²) in [6.07, 6.45) is 0.850. The molecule has 146 valence electrons. The number of nitrogens with one attached hydrogen (secondary N) is 3. The molecule has 0 aliphatic heterocycles. The van der Waals surface area contributed by atoms with Gasteiger partial charge in [-0.15, -0.1) is 0 Å². The van der Waals surface area contributed by atoms with Crippen LogP contribution in [0.4, 0.5) is 8.78 Å². The Morgan fingerprint density at radius 2 is 2.00 bits per heavy atom. The van der Waals surface area contributed by atoms with E-state index in [4.69, 9.17) is 4.74 Å². The topological polar surface area (TPSA) is 84.0 Å². The third kappa shape index (κ3) is 8.00. The molecule has 1 aromatic rings. The molecule has 26 heavy (non-hydrogen) atoms. The molecule has 1 amide bonds. The molecule has 0 bridgehead atoms. The predicted octanol–water partition coefficient (Wildman–Crippen LogP) is 1.88. The van der Waals surface area contributed by atoms with Crippen LogP contribution in [0.5, 0.6) is 11.5 Å². The second-order valence-electron chi connectivity index (χ2n) is 5.25. The van der Waals surface area contributed by atoms with Crippen molar-refractivity contribution in [2.24, 2.45) is 4.99 Å². The molecule has 9 heteroatoms. The van der Waals surface area contributed by atoms with Crippen LogP contribution in [0.1, 0.15) is 25.8 Å². The number of nitrogens with zero attached hydrogens (tertiary/aromatic N) is 1. The van der Waals surface area contributed by atoms with Crippen molar-refractivity contribution < 1.29 is 23.0 Å². The Bertz CT molecular complexity index is 597. The monoisotopic (exact) mass is 372 g/mol. The van der Waals surface area contributed by atoms with Crippen molar-refractivity contribution in [2.45, 2.75) is 33.4 Å². The van der Waals surface area contributed by atoms with Crippen LogP contribution in [-0.2, 0) is 11.3 Å². The van der Waals surface area contributed by atoms with Crippen molar-refractivity contribution in [1.82, 2.24) is 16.0 Å². The van der Waals surface area contributed by atoms with Crippen molar-refractivity contribution in [3.8, 4) is 11.5 Å². The van der Waals surface area contributed by atoms with Crippen LogP contribution in [0.15, 0.2) is 23.2 Å². The number of amides is 1. The minimum absolute atomic E-state index is 0.0288. The molecule has 0 saturated carbocycles. The fourth-order valence-electron chi connectivity index (χ4n) is 2.01. The second kappa shape index (κ2) is 11.9. The van der Waals surface area contributed by atoms with Crippen LogP contribution in [0.2, 0.25) is 0 Å². The van der Waals surface area contributed by atoms with E-state index in [1.807, 2.05) is 13.8 Å². The summed E-state index contributed by atoms with van der Waals surface area (Å²) in [4.78, 5) is 16.0. The molecular formula is C17H26F2N4O3. The normalized spacial score (nSPS) is 11.2. The molecule has 0 unspecified atom stereocenters. The lowest BCUT2D eigenvalue weighted by Gasteiger charge is -2.13. The Labute approximate surface area is 152 Å². The minimum atomic E-state index is -2.93. The number of carbonyl (C=O) groups is 1. The number of aliphatic imine (C=N–C) groups is 1. The third-order valence-electron chi connectivity index (χ3n) is 3.22. The van der Waals surface area contributed by atoms with Crippen molar-refractivity contribution in [3.63, 3.8) is 0 Å². The first-order valence-corrected chi connectivity index (χ1v) is 8.40. The number of alkyl halides is 2. The molecule has 0 radical (unpaired) electrons. The number of hydrogen-bond acceptors (Lipinski definition) is 4. The van der Waals surface area contributed by atoms with Crippen LogP contribution in [0.3, 0.4) is 0 Å². The number of methoxy groups -OCH3 is 1. The first-order valence-electron chi connectivity index (χ1n) is 8.40. The van der Waals surface area contributed by atoms with Gasteiger partial charge in [-0.2, -0.15) is 8.78 Å². The Morgan fingerprint density at radius 3 is 2.62 bits per heavy atom. The van der Waals surface area contributed by atoms with Gasteiger partial charge in [0.1, 0.15) is 11.5 Å². The van der Waals surface area contributed by atoms with E-state index in [9.17, 15) is 13.6 Å². The molecule has 3 N–H and O–H groups in total. The lowest BCUT2D eigenvalue weighted by molar-refractivity contribution is -0.120. The van der Waals surface area contributed by atoms with Gasteiger partial charge in [-0.25, -0.2) is 4.99 Å². The molecule has 0 aromatic heterocycles. The van der Waals surface area contributed by atoms with E-state index in [1.54, 1.807) is 6.07 Å². The van der Waals surface area contributed by atoms with Crippen LogP contribution < -0.4 is 25.4 Å². The van der Waals surface area contributed by atoms with Crippen molar-refractivity contribution in [3.05, 3.63) is 23.8 Å². The number of halogens is 2. The highest BCUT2D eigenvalue weighted by Crippen LogP contribution is 2.26. The highest BCUT2D eigenvalue weighted by molar-refractivity contribution is 5.86. The number of benzene rings is 1. The Balaban J connectivity index is 2.82. The summed E-state index contributed by atoms with van der Waals surface area (Å²) in [5.74, 6) is 0.778. The molecule has 0 spiro atoms. The number of carbonyl (C=O) groups excluding carboxylic acids is 1. The molecule has 0 fully saturated rings. The molecule has 1 aromatic carbocycles. The van der Waals surface area contributed by atoms with Crippen LogP contribution >= 0.6 is 0 Å². The van der Waals surface area contributed by atoms with E-state index >= 15 is 0 Å². The Hall–Kier alpha value is -2.58. The van der Waals surface area contributed by atoms with Crippen LogP contribution in [0, 0.1) is 0 Å². The average Bonchev–Trinajstić information content (AvgIpc) is 2.62. The zero-order chi connectivity index (χ0) is 19.4. The van der Waals surface area contributed by atoms with E-state index in [1.165, 1.54) is 19.2 Å². The minimum Gasteiger partial charge on any atom is -0.497 e. The van der Waals surface area contributed by atoms with Gasteiger partial charge in [0.05, 0.1) is 20.2 Å². The van der Waals surface area contributed by atoms with E-state index in [2.05, 4.69) is 25.7 Å². The maximum atomic E-state index is 12.6. The standard InChI is InChI=1S/C17H26F2N4O3/c1-4-8-21-15(24)11-23-17(20-5-2)22-10-12-9-13(25-3)6-7-14(12)26-16(18)19/h6-7,9,16H,4-5,8,10-11H2,1-3H3,(H,21,24)(H2,20,22,23). The molecule has 0 heterocycles. The smallest absolute Gasteiger partial charge is 0.387 e. The summed E-state index contributed by atoms with van der Waals surface area (Å²) in [5, 5.41) is 8.63. The number of hydrogen-bond donors (Lipinski definition) is 3. The van der Waals surface area contributed by atoms with Gasteiger partial charge >= 0.3 is 6.61 Å². The first kappa shape index (κ1) is 21.5. The fraction of sp³-hybridized carbons (Fsp3) is 0.529. The van der Waals surface area contributed by atoms with Gasteiger partial charge in [0.25, 0.3) is 0 Å². The second-order valence-corrected chi connectivity index (χ2v) is 5.25. The highest BCUT2D eigenvalue weighted by atomic mass is 19.3. The van der Waals surface area contributed by atoms with Gasteiger partial charge < -0.3 is 25.4 Å². The van der Waals surface area contributed by atoms with Gasteiger partial charge in [-0.3, -0.25) is 4.79 Å². The summed E-state index contributed by atoms with van der Waals surface area (Å²) in [7, 11) is 1.48. The summed E-state index contributed by atoms with van der Waals surface area (Å²) in [6, 6.07) is 4.53. The van der Waals surface area contributed by atoms with Gasteiger partial charge in [-0.05, 0) is 31.5 Å². The highest BCUT2D eigenvalue weighted by Gasteiger charge is 2.11. The maximum absolute atomic E-state index is 12.6. The summed E-state index contributed by atoms with van der Waals surface area (Å²) in [5.41, 5.74) is 0.442. The van der Waals surface area contributed by atoms with Crippen LogP contribution in [-0.4, -0.2) is 45.2 Å². The number of guanidine groups is 1. The van der Waals surface area contributed by atoms with E-state index in [0.29, 0.717) is 30.4 Å². The van der Waals surface area contributed by atoms with Gasteiger partial charge in [0, 0.05) is 18.7 Å². The van der Waals surface area contributed by atoms with Gasteiger partial charge in [0.15, 0.2) is 5.96 Å². The molecule has 1 rings (SSSR count). The molecule has 0 atom stereocenters. The van der Waals surface area contributed by atoms with Crippen molar-refractivity contribution >= 4 is 11.9 Å². The molecule has 0 aliphatic rings. The molecule has 0 saturated heterocycles. The number of ether oxygens (including phenoxy) is 2. The number of rotatable bonds is 10. The lowest BCUT2D eigenvalue weighted by atomic mass is 10.2. The zero-order valence-electron chi connectivity index (χ0n) is 15.3. The Kier molecular flexibility index (Phi) is 9.81. The quantitative estimate of drug-likeness (QED) is 0.431. The maximum Gasteiger partial charge on any atom is 0.387 e. The fourth-order valence-corrected chi connectivity index (χ4v) is 2.01. The summed E-state index contributed by atoms with van der Waals surface area (Å²) < 4.78 is 34.7. The van der Waals surface area contributed by atoms with E-state index in [-0.39, 0.29) is 24.7 Å². The average molecular weight is 372 g/mol. The zero-order valence-corrected chi connectivity index (χ0v) is 15.3. The van der Waals surface area contributed by atoms with Gasteiger partial charge in [0.2, 0.25) is 5.91 Å². The largest absolute Gasteiger partial charge is 0.497 e. The third-order valence-corrected chi connectivity index (χ3v) is 3.22. The molecule has 0 aliphatic carbocycles. The lowest BCUT2D eigenvalue weighted by Crippen LogP contribution is -2.43. The van der Waals surface area contributed by atoms with E-state index in [0.717, 1.165) is 6.42 Å². The SMILES string of the molecule is CCCNC(=O)CNC(=NCc1cc(OC)ccc1OC(F)F)NCC. The van der Waals surface area contributed by atoms with Crippen molar-refractivity contribution in [2.75, 3.05) is 26.7 Å². The summed E-state index contributed by atoms with van der Waals surface area (Å²) in [6.45, 7) is 2.24. The molecule has 7 nitrogen and oxygen atoms in total. The predicted molar refractivity (Wildman–Crippen MR) is 95.7 cm³/mol. The van der Waals surface area contributed by atoms with E-state index < -0.39 is 6.61 Å². The first-order chi connectivity index (χ1) is 12.5. The van der Waals surface area contributed by atoms with Crippen LogP contribution in [0.25, 0.3) is 0 Å². The Morgan fingerprint density at radius 1 is 1.23 bits per heavy atom. The van der Waals surface area contributed by atoms with Crippen molar-refractivity contribution in [1.29, 1.82) is 0 Å². The molecular weight excluding hydrogens is 346 g/mol.